The summed E-state index contributed by atoms with van der Waals surface area (Å²) in [6.45, 7) is 5.15. The Morgan fingerprint density at radius 1 is 0.727 bits per heavy atom. The van der Waals surface area contributed by atoms with Gasteiger partial charge < -0.3 is 18.9 Å². The molecule has 12 nitrogen and oxygen atoms in total. The smallest absolute Gasteiger partial charge is 0.347 e. The third-order valence-electron chi connectivity index (χ3n) is 6.99. The molecule has 1 fully saturated rings. The summed E-state index contributed by atoms with van der Waals surface area (Å²) in [6, 6.07) is 19.8. The van der Waals surface area contributed by atoms with E-state index in [0.717, 1.165) is 27.6 Å². The lowest BCUT2D eigenvalue weighted by atomic mass is 10.1. The van der Waals surface area contributed by atoms with Crippen molar-refractivity contribution in [1.82, 2.24) is 14.8 Å². The zero-order chi connectivity index (χ0) is 31.4. The Labute approximate surface area is 251 Å². The van der Waals surface area contributed by atoms with Gasteiger partial charge in [0, 0.05) is 0 Å². The maximum atomic E-state index is 13.3. The maximum Gasteiger partial charge on any atom is 0.347 e. The number of aromatic amines is 1. The van der Waals surface area contributed by atoms with Crippen LogP contribution in [0.25, 0.3) is 0 Å². The lowest BCUT2D eigenvalue weighted by Gasteiger charge is -2.24. The summed E-state index contributed by atoms with van der Waals surface area (Å²) in [7, 11) is 0. The first-order valence-corrected chi connectivity index (χ1v) is 13.7. The van der Waals surface area contributed by atoms with Crippen LogP contribution in [0.15, 0.2) is 88.6 Å². The number of ether oxygens (including phenoxy) is 4. The number of nitrogens with one attached hydrogen (secondary N) is 1. The van der Waals surface area contributed by atoms with E-state index >= 15 is 0 Å². The molecule has 1 aromatic heterocycles. The maximum absolute atomic E-state index is 13.3. The number of rotatable bonds is 8. The minimum atomic E-state index is -1.47. The molecule has 4 atom stereocenters. The molecule has 1 saturated heterocycles. The first-order valence-electron chi connectivity index (χ1n) is 13.7. The zero-order valence-corrected chi connectivity index (χ0v) is 24.1. The highest BCUT2D eigenvalue weighted by atomic mass is 16.7. The molecule has 0 bridgehead atoms. The predicted octanol–water partition coefficient (Wildman–Crippen LogP) is 3.06. The molecule has 1 N–H and O–H groups in total. The van der Waals surface area contributed by atoms with Crippen LogP contribution >= 0.6 is 0 Å². The topological polar surface area (TPSA) is 156 Å². The van der Waals surface area contributed by atoms with Gasteiger partial charge in [-0.25, -0.2) is 19.2 Å². The van der Waals surface area contributed by atoms with Crippen molar-refractivity contribution in [3.63, 3.8) is 0 Å². The van der Waals surface area contributed by atoms with Gasteiger partial charge in [0.15, 0.2) is 18.4 Å². The van der Waals surface area contributed by atoms with Gasteiger partial charge >= 0.3 is 23.6 Å². The first-order chi connectivity index (χ1) is 21.1. The largest absolute Gasteiger partial charge is 0.459 e. The molecule has 5 rings (SSSR count). The molecule has 3 aromatic carbocycles. The second-order valence-electron chi connectivity index (χ2n) is 10.4. The molecule has 0 amide bonds. The van der Waals surface area contributed by atoms with Crippen molar-refractivity contribution in [2.45, 2.75) is 45.3 Å². The highest BCUT2D eigenvalue weighted by molar-refractivity contribution is 5.91. The standard InChI is InChI=1S/C32H29N3O9/c1-18-4-10-21(11-5-18)29(37)41-17-24-26(43-30(38)22-12-6-19(2)7-13-22)27(44-31(39)23-14-8-20(3)9-15-23)28(42-24)35-32(40)34-25(36)16-33-35/h4-16,24,26-28H,17H2,1-3H3,(H,34,36,40)/t24-,26-,27+,28-/m0/s1. The van der Waals surface area contributed by atoms with Crippen molar-refractivity contribution in [1.29, 1.82) is 0 Å². The summed E-state index contributed by atoms with van der Waals surface area (Å²) in [5.74, 6) is -2.24. The molecule has 44 heavy (non-hydrogen) atoms. The SMILES string of the molecule is Cc1ccc(C(=O)OC[C@@H]2O[C@H](n3ncc(=O)[nH]c3=O)[C@H](OC(=O)c3ccc(C)cc3)[C@H]2OC(=O)c2ccc(C)cc2)cc1. The molecule has 0 aliphatic carbocycles. The van der Waals surface area contributed by atoms with Crippen molar-refractivity contribution < 1.29 is 33.3 Å². The fourth-order valence-corrected chi connectivity index (χ4v) is 4.54. The number of hydrogen-bond donors (Lipinski definition) is 1. The Balaban J connectivity index is 1.50. The number of carbonyl (C=O) groups is 3. The highest BCUT2D eigenvalue weighted by Gasteiger charge is 2.52. The quantitative estimate of drug-likeness (QED) is 0.236. The number of aryl methyl sites for hydroxylation is 3. The minimum absolute atomic E-state index is 0.189. The lowest BCUT2D eigenvalue weighted by Crippen LogP contribution is -2.43. The van der Waals surface area contributed by atoms with Gasteiger partial charge in [-0.2, -0.15) is 9.78 Å². The Hall–Kier alpha value is -5.36. The van der Waals surface area contributed by atoms with Gasteiger partial charge in [0.05, 0.1) is 16.7 Å². The van der Waals surface area contributed by atoms with Gasteiger partial charge in [-0.1, -0.05) is 53.1 Å². The van der Waals surface area contributed by atoms with E-state index in [1.165, 1.54) is 0 Å². The Kier molecular flexibility index (Phi) is 8.81. The van der Waals surface area contributed by atoms with Crippen molar-refractivity contribution in [2.24, 2.45) is 0 Å². The fourth-order valence-electron chi connectivity index (χ4n) is 4.54. The van der Waals surface area contributed by atoms with Crippen molar-refractivity contribution in [2.75, 3.05) is 6.61 Å². The number of H-pyrrole nitrogens is 1. The molecule has 0 radical (unpaired) electrons. The molecule has 226 valence electrons. The number of carbonyl (C=O) groups excluding carboxylic acids is 3. The molecule has 0 unspecified atom stereocenters. The van der Waals surface area contributed by atoms with Gasteiger partial charge in [-0.15, -0.1) is 0 Å². The van der Waals surface area contributed by atoms with Gasteiger partial charge in [-0.05, 0) is 57.2 Å². The van der Waals surface area contributed by atoms with Crippen LogP contribution < -0.4 is 11.2 Å². The van der Waals surface area contributed by atoms with Crippen LogP contribution in [0.5, 0.6) is 0 Å². The van der Waals surface area contributed by atoms with E-state index in [0.29, 0.717) is 0 Å². The summed E-state index contributed by atoms with van der Waals surface area (Å²) < 4.78 is 24.0. The Bertz CT molecular complexity index is 1780. The molecule has 2 heterocycles. The van der Waals surface area contributed by atoms with E-state index in [4.69, 9.17) is 18.9 Å². The van der Waals surface area contributed by atoms with Gasteiger partial charge in [0.25, 0.3) is 5.56 Å². The molecular formula is C32H29N3O9. The fraction of sp³-hybridized carbons (Fsp3) is 0.250. The molecule has 4 aromatic rings. The number of benzene rings is 3. The van der Waals surface area contributed by atoms with E-state index in [-0.39, 0.29) is 16.7 Å². The van der Waals surface area contributed by atoms with Crippen LogP contribution in [-0.4, -0.2) is 57.6 Å². The monoisotopic (exact) mass is 599 g/mol. The van der Waals surface area contributed by atoms with Gasteiger partial charge in [-0.3, -0.25) is 9.78 Å². The molecule has 12 heteroatoms. The van der Waals surface area contributed by atoms with E-state index in [9.17, 15) is 24.0 Å². The summed E-state index contributed by atoms with van der Waals surface area (Å²) in [5.41, 5.74) is 1.73. The average molecular weight is 600 g/mol. The van der Waals surface area contributed by atoms with Crippen molar-refractivity contribution in [3.8, 4) is 0 Å². The lowest BCUT2D eigenvalue weighted by molar-refractivity contribution is -0.0699. The van der Waals surface area contributed by atoms with E-state index in [2.05, 4.69) is 10.1 Å². The van der Waals surface area contributed by atoms with Gasteiger partial charge in [0.2, 0.25) is 0 Å². The van der Waals surface area contributed by atoms with E-state index < -0.39 is 60.3 Å². The second-order valence-corrected chi connectivity index (χ2v) is 10.4. The summed E-state index contributed by atoms with van der Waals surface area (Å²) in [4.78, 5) is 66.0. The van der Waals surface area contributed by atoms with Crippen LogP contribution in [0.2, 0.25) is 0 Å². The summed E-state index contributed by atoms with van der Waals surface area (Å²) >= 11 is 0. The minimum Gasteiger partial charge on any atom is -0.459 e. The predicted molar refractivity (Wildman–Crippen MR) is 155 cm³/mol. The van der Waals surface area contributed by atoms with Crippen LogP contribution in [0, 0.1) is 20.8 Å². The van der Waals surface area contributed by atoms with Gasteiger partial charge in [0.1, 0.15) is 18.9 Å². The first kappa shape index (κ1) is 30.1. The van der Waals surface area contributed by atoms with Crippen LogP contribution in [0.4, 0.5) is 0 Å². The third kappa shape index (κ3) is 6.81. The number of esters is 3. The average Bonchev–Trinajstić information content (AvgIpc) is 3.32. The highest BCUT2D eigenvalue weighted by Crippen LogP contribution is 2.34. The van der Waals surface area contributed by atoms with Crippen molar-refractivity contribution in [3.05, 3.63) is 133 Å². The van der Waals surface area contributed by atoms with E-state index in [1.807, 2.05) is 20.8 Å². The van der Waals surface area contributed by atoms with Crippen LogP contribution in [0.3, 0.4) is 0 Å². The van der Waals surface area contributed by atoms with Crippen LogP contribution in [-0.2, 0) is 18.9 Å². The van der Waals surface area contributed by atoms with E-state index in [1.54, 1.807) is 72.8 Å². The number of aromatic nitrogens is 3. The number of hydrogen-bond acceptors (Lipinski definition) is 10. The summed E-state index contributed by atoms with van der Waals surface area (Å²) in [6.07, 6.45) is -4.64. The Morgan fingerprint density at radius 2 is 1.18 bits per heavy atom. The molecule has 0 spiro atoms. The molecule has 0 saturated carbocycles. The summed E-state index contributed by atoms with van der Waals surface area (Å²) in [5, 5.41) is 3.86. The molecule has 1 aliphatic rings. The number of nitrogens with zero attached hydrogens (tertiary/aromatic N) is 2. The second kappa shape index (κ2) is 12.9. The molecule has 1 aliphatic heterocycles. The normalized spacial score (nSPS) is 19.2. The third-order valence-corrected chi connectivity index (χ3v) is 6.99. The zero-order valence-electron chi connectivity index (χ0n) is 24.1. The van der Waals surface area contributed by atoms with Crippen LogP contribution in [0.1, 0.15) is 54.0 Å². The van der Waals surface area contributed by atoms with Crippen molar-refractivity contribution >= 4 is 17.9 Å². The molecular weight excluding hydrogens is 570 g/mol. The Morgan fingerprint density at radius 3 is 1.66 bits per heavy atom.